The van der Waals surface area contributed by atoms with Crippen molar-refractivity contribution >= 4 is 23.4 Å². The highest BCUT2D eigenvalue weighted by molar-refractivity contribution is 6.30. The number of hydrogen-bond acceptors (Lipinski definition) is 6. The highest BCUT2D eigenvalue weighted by Gasteiger charge is 2.02. The van der Waals surface area contributed by atoms with Gasteiger partial charge in [0, 0.05) is 18.1 Å². The molecule has 3 rings (SSSR count). The maximum atomic E-state index is 5.90. The predicted molar refractivity (Wildman–Crippen MR) is 109 cm³/mol. The summed E-state index contributed by atoms with van der Waals surface area (Å²) in [4.78, 5) is 4.44. The molecule has 0 aliphatic carbocycles. The van der Waals surface area contributed by atoms with Gasteiger partial charge in [-0.15, -0.1) is 5.10 Å². The molecule has 0 atom stereocenters. The number of ether oxygens (including phenoxy) is 1. The van der Waals surface area contributed by atoms with Crippen molar-refractivity contribution in [2.45, 2.75) is 12.8 Å². The summed E-state index contributed by atoms with van der Waals surface area (Å²) < 4.78 is 5.24. The van der Waals surface area contributed by atoms with Crippen molar-refractivity contribution in [3.05, 3.63) is 70.9 Å². The molecule has 0 fully saturated rings. The standard InChI is InChI=1S/C20H22ClN5O/c1-27-18-4-2-3-16(13-18)10-12-23-20-25-19(14-24-26-20)22-11-9-15-5-7-17(21)8-6-15/h2-8,13-14H,9-12H2,1H3,(H2,22,23,25,26). The van der Waals surface area contributed by atoms with E-state index in [0.717, 1.165) is 30.2 Å². The molecule has 2 aromatic carbocycles. The van der Waals surface area contributed by atoms with Gasteiger partial charge in [-0.1, -0.05) is 35.9 Å². The number of hydrogen-bond donors (Lipinski definition) is 2. The molecule has 1 aromatic heterocycles. The van der Waals surface area contributed by atoms with Gasteiger partial charge in [0.1, 0.15) is 5.75 Å². The van der Waals surface area contributed by atoms with Crippen molar-refractivity contribution in [1.29, 1.82) is 0 Å². The first kappa shape index (κ1) is 18.9. The van der Waals surface area contributed by atoms with Gasteiger partial charge >= 0.3 is 0 Å². The molecule has 3 aromatic rings. The molecule has 0 unspecified atom stereocenters. The van der Waals surface area contributed by atoms with Crippen LogP contribution in [0.15, 0.2) is 54.7 Å². The van der Waals surface area contributed by atoms with Crippen LogP contribution in [0.25, 0.3) is 0 Å². The van der Waals surface area contributed by atoms with Gasteiger partial charge < -0.3 is 15.4 Å². The van der Waals surface area contributed by atoms with Crippen molar-refractivity contribution in [1.82, 2.24) is 15.2 Å². The van der Waals surface area contributed by atoms with Crippen molar-refractivity contribution in [2.75, 3.05) is 30.8 Å². The highest BCUT2D eigenvalue weighted by Crippen LogP contribution is 2.13. The molecule has 1 heterocycles. The summed E-state index contributed by atoms with van der Waals surface area (Å²) in [6.07, 6.45) is 3.34. The van der Waals surface area contributed by atoms with Crippen LogP contribution < -0.4 is 15.4 Å². The summed E-state index contributed by atoms with van der Waals surface area (Å²) >= 11 is 5.90. The molecule has 0 amide bonds. The highest BCUT2D eigenvalue weighted by atomic mass is 35.5. The number of nitrogens with zero attached hydrogens (tertiary/aromatic N) is 3. The second-order valence-corrected chi connectivity index (χ2v) is 6.43. The van der Waals surface area contributed by atoms with Gasteiger partial charge in [0.15, 0.2) is 5.82 Å². The molecule has 0 saturated heterocycles. The number of aromatic nitrogens is 3. The quantitative estimate of drug-likeness (QED) is 0.585. The summed E-state index contributed by atoms with van der Waals surface area (Å²) in [7, 11) is 1.67. The van der Waals surface area contributed by atoms with Gasteiger partial charge in [-0.3, -0.25) is 0 Å². The third-order valence-electron chi connectivity index (χ3n) is 4.02. The Balaban J connectivity index is 1.46. The number of benzene rings is 2. The molecule has 0 aliphatic rings. The zero-order valence-electron chi connectivity index (χ0n) is 15.2. The Kier molecular flexibility index (Phi) is 6.82. The summed E-state index contributed by atoms with van der Waals surface area (Å²) in [5, 5.41) is 15.2. The summed E-state index contributed by atoms with van der Waals surface area (Å²) in [5.74, 6) is 2.06. The Labute approximate surface area is 164 Å². The maximum Gasteiger partial charge on any atom is 0.244 e. The maximum absolute atomic E-state index is 5.90. The fraction of sp³-hybridized carbons (Fsp3) is 0.250. The van der Waals surface area contributed by atoms with Crippen LogP contribution in [0, 0.1) is 0 Å². The van der Waals surface area contributed by atoms with E-state index in [1.165, 1.54) is 11.1 Å². The van der Waals surface area contributed by atoms with E-state index in [9.17, 15) is 0 Å². The molecule has 140 valence electrons. The zero-order valence-corrected chi connectivity index (χ0v) is 15.9. The van der Waals surface area contributed by atoms with E-state index in [2.05, 4.69) is 31.9 Å². The van der Waals surface area contributed by atoms with E-state index in [-0.39, 0.29) is 0 Å². The smallest absolute Gasteiger partial charge is 0.244 e. The van der Waals surface area contributed by atoms with E-state index in [1.807, 2.05) is 42.5 Å². The number of anilines is 2. The minimum atomic E-state index is 0.509. The van der Waals surface area contributed by atoms with Crippen LogP contribution in [-0.4, -0.2) is 35.4 Å². The normalized spacial score (nSPS) is 10.4. The minimum Gasteiger partial charge on any atom is -0.497 e. The monoisotopic (exact) mass is 383 g/mol. The molecule has 0 radical (unpaired) electrons. The van der Waals surface area contributed by atoms with Crippen LogP contribution in [0.4, 0.5) is 11.8 Å². The lowest BCUT2D eigenvalue weighted by Gasteiger charge is -2.08. The number of methoxy groups -OCH3 is 1. The van der Waals surface area contributed by atoms with Crippen LogP contribution in [-0.2, 0) is 12.8 Å². The van der Waals surface area contributed by atoms with E-state index < -0.39 is 0 Å². The van der Waals surface area contributed by atoms with Gasteiger partial charge in [0.25, 0.3) is 0 Å². The first-order valence-corrected chi connectivity index (χ1v) is 9.15. The fourth-order valence-electron chi connectivity index (χ4n) is 2.60. The third kappa shape index (κ3) is 6.11. The van der Waals surface area contributed by atoms with E-state index in [0.29, 0.717) is 18.3 Å². The van der Waals surface area contributed by atoms with Crippen molar-refractivity contribution in [3.8, 4) is 5.75 Å². The van der Waals surface area contributed by atoms with E-state index in [1.54, 1.807) is 13.3 Å². The van der Waals surface area contributed by atoms with Crippen LogP contribution >= 0.6 is 11.6 Å². The molecule has 6 nitrogen and oxygen atoms in total. The van der Waals surface area contributed by atoms with Crippen LogP contribution in [0.3, 0.4) is 0 Å². The predicted octanol–water partition coefficient (Wildman–Crippen LogP) is 3.84. The van der Waals surface area contributed by atoms with Crippen molar-refractivity contribution < 1.29 is 4.74 Å². The van der Waals surface area contributed by atoms with Crippen LogP contribution in [0.1, 0.15) is 11.1 Å². The second-order valence-electron chi connectivity index (χ2n) is 6.00. The average Bonchev–Trinajstić information content (AvgIpc) is 2.70. The Morgan fingerprint density at radius 1 is 0.963 bits per heavy atom. The van der Waals surface area contributed by atoms with Gasteiger partial charge in [0.2, 0.25) is 5.95 Å². The Hall–Kier alpha value is -2.86. The summed E-state index contributed by atoms with van der Waals surface area (Å²) in [5.41, 5.74) is 2.40. The lowest BCUT2D eigenvalue weighted by atomic mass is 10.1. The largest absolute Gasteiger partial charge is 0.497 e. The molecular weight excluding hydrogens is 362 g/mol. The van der Waals surface area contributed by atoms with Crippen LogP contribution in [0.5, 0.6) is 5.75 Å². The minimum absolute atomic E-state index is 0.509. The molecule has 27 heavy (non-hydrogen) atoms. The molecule has 0 aliphatic heterocycles. The Morgan fingerprint density at radius 3 is 2.56 bits per heavy atom. The third-order valence-corrected chi connectivity index (χ3v) is 4.27. The topological polar surface area (TPSA) is 72.0 Å². The van der Waals surface area contributed by atoms with E-state index in [4.69, 9.17) is 16.3 Å². The van der Waals surface area contributed by atoms with Gasteiger partial charge in [-0.05, 0) is 48.2 Å². The molecule has 0 saturated carbocycles. The second kappa shape index (κ2) is 9.73. The summed E-state index contributed by atoms with van der Waals surface area (Å²) in [6.45, 7) is 1.46. The SMILES string of the molecule is COc1cccc(CCNc2nncc(NCCc3ccc(Cl)cc3)n2)c1. The van der Waals surface area contributed by atoms with Crippen molar-refractivity contribution in [2.24, 2.45) is 0 Å². The average molecular weight is 384 g/mol. The first-order chi connectivity index (χ1) is 13.2. The fourth-order valence-corrected chi connectivity index (χ4v) is 2.72. The van der Waals surface area contributed by atoms with Gasteiger partial charge in [0.05, 0.1) is 13.3 Å². The zero-order chi connectivity index (χ0) is 18.9. The van der Waals surface area contributed by atoms with Crippen molar-refractivity contribution in [3.63, 3.8) is 0 Å². The first-order valence-electron chi connectivity index (χ1n) is 8.78. The lowest BCUT2D eigenvalue weighted by molar-refractivity contribution is 0.414. The number of rotatable bonds is 9. The van der Waals surface area contributed by atoms with Crippen LogP contribution in [0.2, 0.25) is 5.02 Å². The Morgan fingerprint density at radius 2 is 1.74 bits per heavy atom. The molecule has 2 N–H and O–H groups in total. The molecule has 7 heteroatoms. The molecule has 0 bridgehead atoms. The lowest BCUT2D eigenvalue weighted by Crippen LogP contribution is -2.12. The molecule has 0 spiro atoms. The van der Waals surface area contributed by atoms with E-state index >= 15 is 0 Å². The Bertz CT molecular complexity index is 857. The number of halogens is 1. The summed E-state index contributed by atoms with van der Waals surface area (Å²) in [6, 6.07) is 15.8. The molecular formula is C20H22ClN5O. The van der Waals surface area contributed by atoms with Gasteiger partial charge in [-0.25, -0.2) is 0 Å². The van der Waals surface area contributed by atoms with Gasteiger partial charge in [-0.2, -0.15) is 10.1 Å². The number of nitrogens with one attached hydrogen (secondary N) is 2.